The smallest absolute Gasteiger partial charge is 0.254 e. The molecular formula is C31H37ClN2O4. The topological polar surface area (TPSA) is 51.2 Å². The number of nitrogens with zero attached hydrogens (tertiary/aromatic N) is 2. The van der Waals surface area contributed by atoms with Gasteiger partial charge in [-0.15, -0.1) is 12.4 Å². The molecule has 1 unspecified atom stereocenters. The van der Waals surface area contributed by atoms with Crippen molar-refractivity contribution in [3.05, 3.63) is 64.7 Å². The standard InChI is InChI=1S/C31H36N2O4.ClH/c1-21-26-8-6-22(15-24(26)7-9-28(21)35-2)10-13-32-12-4-3-5-23(18-32)19-33-14-11-25-16-29-30(37-20-36-29)17-27(25)31(33)34;/h6-9,15-17,23H,3-5,10-14,18-20H2,1-2H3;1H. The van der Waals surface area contributed by atoms with E-state index in [4.69, 9.17) is 14.2 Å². The Morgan fingerprint density at radius 3 is 2.71 bits per heavy atom. The highest BCUT2D eigenvalue weighted by molar-refractivity contribution is 5.97. The number of methoxy groups -OCH3 is 1. The predicted molar refractivity (Wildman–Crippen MR) is 152 cm³/mol. The molecule has 38 heavy (non-hydrogen) atoms. The Hall–Kier alpha value is -2.96. The van der Waals surface area contributed by atoms with Crippen LogP contribution >= 0.6 is 12.4 Å². The number of fused-ring (bicyclic) bond motifs is 3. The average Bonchev–Trinajstić information content (AvgIpc) is 3.25. The summed E-state index contributed by atoms with van der Waals surface area (Å²) >= 11 is 0. The summed E-state index contributed by atoms with van der Waals surface area (Å²) in [4.78, 5) is 18.0. The fraction of sp³-hybridized carbons (Fsp3) is 0.452. The summed E-state index contributed by atoms with van der Waals surface area (Å²) in [5, 5.41) is 2.53. The number of aryl methyl sites for hydroxylation is 1. The maximum Gasteiger partial charge on any atom is 0.254 e. The fourth-order valence-corrected chi connectivity index (χ4v) is 6.25. The third kappa shape index (κ3) is 5.29. The zero-order valence-corrected chi connectivity index (χ0v) is 23.1. The summed E-state index contributed by atoms with van der Waals surface area (Å²) in [7, 11) is 1.73. The van der Waals surface area contributed by atoms with E-state index in [1.165, 1.54) is 41.2 Å². The molecule has 6 rings (SSSR count). The number of halogens is 1. The molecule has 0 aliphatic carbocycles. The Bertz CT molecular complexity index is 1330. The first-order chi connectivity index (χ1) is 18.1. The number of ether oxygens (including phenoxy) is 3. The van der Waals surface area contributed by atoms with Gasteiger partial charge in [-0.05, 0) is 90.7 Å². The Morgan fingerprint density at radius 1 is 1.03 bits per heavy atom. The van der Waals surface area contributed by atoms with Crippen LogP contribution in [0.4, 0.5) is 0 Å². The van der Waals surface area contributed by atoms with Crippen molar-refractivity contribution in [2.45, 2.75) is 39.0 Å². The van der Waals surface area contributed by atoms with Crippen molar-refractivity contribution in [3.63, 3.8) is 0 Å². The molecular weight excluding hydrogens is 500 g/mol. The molecule has 0 aromatic heterocycles. The molecule has 1 amide bonds. The zero-order chi connectivity index (χ0) is 25.4. The lowest BCUT2D eigenvalue weighted by Crippen LogP contribution is -2.43. The molecule has 0 N–H and O–H groups in total. The van der Waals surface area contributed by atoms with Gasteiger partial charge in [0, 0.05) is 31.7 Å². The van der Waals surface area contributed by atoms with Gasteiger partial charge in [-0.3, -0.25) is 4.79 Å². The van der Waals surface area contributed by atoms with E-state index in [1.54, 1.807) is 7.11 Å². The van der Waals surface area contributed by atoms with Gasteiger partial charge in [0.1, 0.15) is 5.75 Å². The van der Waals surface area contributed by atoms with Crippen LogP contribution in [0.2, 0.25) is 0 Å². The second kappa shape index (κ2) is 11.4. The van der Waals surface area contributed by atoms with E-state index in [1.807, 2.05) is 12.1 Å². The molecule has 6 nitrogen and oxygen atoms in total. The molecule has 3 aliphatic heterocycles. The van der Waals surface area contributed by atoms with E-state index in [2.05, 4.69) is 47.1 Å². The lowest BCUT2D eigenvalue weighted by atomic mass is 9.95. The molecule has 1 saturated heterocycles. The molecule has 0 radical (unpaired) electrons. The quantitative estimate of drug-likeness (QED) is 0.407. The number of hydrogen-bond acceptors (Lipinski definition) is 5. The molecule has 3 aromatic rings. The van der Waals surface area contributed by atoms with E-state index >= 15 is 0 Å². The molecule has 202 valence electrons. The first-order valence-corrected chi connectivity index (χ1v) is 13.6. The molecule has 3 aliphatic rings. The largest absolute Gasteiger partial charge is 0.496 e. The summed E-state index contributed by atoms with van der Waals surface area (Å²) < 4.78 is 16.5. The van der Waals surface area contributed by atoms with Crippen LogP contribution in [0, 0.1) is 12.8 Å². The molecule has 1 fully saturated rings. The minimum absolute atomic E-state index is 0. The van der Waals surface area contributed by atoms with E-state index in [9.17, 15) is 4.79 Å². The average molecular weight is 537 g/mol. The van der Waals surface area contributed by atoms with Crippen LogP contribution in [0.15, 0.2) is 42.5 Å². The Labute approximate surface area is 231 Å². The predicted octanol–water partition coefficient (Wildman–Crippen LogP) is 5.65. The third-order valence-electron chi connectivity index (χ3n) is 8.34. The van der Waals surface area contributed by atoms with Crippen LogP contribution in [-0.2, 0) is 12.8 Å². The van der Waals surface area contributed by atoms with Crippen molar-refractivity contribution < 1.29 is 19.0 Å². The van der Waals surface area contributed by atoms with Crippen molar-refractivity contribution >= 4 is 29.1 Å². The van der Waals surface area contributed by atoms with Gasteiger partial charge in [-0.25, -0.2) is 0 Å². The van der Waals surface area contributed by atoms with Crippen molar-refractivity contribution in [2.24, 2.45) is 5.92 Å². The highest BCUT2D eigenvalue weighted by Gasteiger charge is 2.30. The first-order valence-electron chi connectivity index (χ1n) is 13.6. The molecule has 1 atom stereocenters. The van der Waals surface area contributed by atoms with E-state index in [0.717, 1.165) is 68.2 Å². The molecule has 7 heteroatoms. The highest BCUT2D eigenvalue weighted by atomic mass is 35.5. The van der Waals surface area contributed by atoms with Crippen LogP contribution in [0.25, 0.3) is 10.8 Å². The number of carbonyl (C=O) groups is 1. The van der Waals surface area contributed by atoms with Crippen molar-refractivity contribution in [3.8, 4) is 17.2 Å². The lowest BCUT2D eigenvalue weighted by Gasteiger charge is -2.33. The summed E-state index contributed by atoms with van der Waals surface area (Å²) in [5.41, 5.74) is 4.43. The van der Waals surface area contributed by atoms with Crippen molar-refractivity contribution in [1.82, 2.24) is 9.80 Å². The summed E-state index contributed by atoms with van der Waals surface area (Å²) in [6.07, 6.45) is 5.56. The number of hydrogen-bond donors (Lipinski definition) is 0. The summed E-state index contributed by atoms with van der Waals surface area (Å²) in [6, 6.07) is 14.9. The Balaban J connectivity index is 0.00000294. The van der Waals surface area contributed by atoms with Gasteiger partial charge in [0.15, 0.2) is 11.5 Å². The molecule has 0 saturated carbocycles. The second-order valence-corrected chi connectivity index (χ2v) is 10.7. The molecule has 3 heterocycles. The van der Waals surface area contributed by atoms with Gasteiger partial charge in [0.2, 0.25) is 6.79 Å². The number of carbonyl (C=O) groups excluding carboxylic acids is 1. The first kappa shape index (κ1) is 26.6. The van der Waals surface area contributed by atoms with Gasteiger partial charge in [-0.1, -0.05) is 30.7 Å². The fourth-order valence-electron chi connectivity index (χ4n) is 6.25. The van der Waals surface area contributed by atoms with E-state index in [0.29, 0.717) is 11.7 Å². The van der Waals surface area contributed by atoms with Gasteiger partial charge < -0.3 is 24.0 Å². The minimum Gasteiger partial charge on any atom is -0.496 e. The third-order valence-corrected chi connectivity index (χ3v) is 8.34. The van der Waals surface area contributed by atoms with E-state index in [-0.39, 0.29) is 25.1 Å². The second-order valence-electron chi connectivity index (χ2n) is 10.7. The normalized spacial score (nSPS) is 19.2. The number of amides is 1. The molecule has 3 aromatic carbocycles. The van der Waals surface area contributed by atoms with Crippen LogP contribution in [0.1, 0.15) is 46.3 Å². The molecule has 0 spiro atoms. The number of likely N-dealkylation sites (tertiary alicyclic amines) is 1. The SMILES string of the molecule is COc1ccc2cc(CCN3CCCCC(CN4CCc5cc6c(cc5C4=O)OCO6)C3)ccc2c1C.Cl. The van der Waals surface area contributed by atoms with Gasteiger partial charge >= 0.3 is 0 Å². The number of rotatable bonds is 6. The van der Waals surface area contributed by atoms with Crippen LogP contribution in [0.3, 0.4) is 0 Å². The van der Waals surface area contributed by atoms with Crippen molar-refractivity contribution in [2.75, 3.05) is 46.6 Å². The summed E-state index contributed by atoms with van der Waals surface area (Å²) in [6.45, 7) is 7.23. The van der Waals surface area contributed by atoms with Crippen molar-refractivity contribution in [1.29, 1.82) is 0 Å². The van der Waals surface area contributed by atoms with E-state index < -0.39 is 0 Å². The van der Waals surface area contributed by atoms with Crippen LogP contribution in [-0.4, -0.2) is 62.3 Å². The maximum atomic E-state index is 13.3. The van der Waals surface area contributed by atoms with Gasteiger partial charge in [-0.2, -0.15) is 0 Å². The van der Waals surface area contributed by atoms with Crippen LogP contribution in [0.5, 0.6) is 17.2 Å². The van der Waals surface area contributed by atoms with Gasteiger partial charge in [0.25, 0.3) is 5.91 Å². The lowest BCUT2D eigenvalue weighted by molar-refractivity contribution is 0.0695. The Morgan fingerprint density at radius 2 is 1.87 bits per heavy atom. The summed E-state index contributed by atoms with van der Waals surface area (Å²) in [5.74, 6) is 3.04. The number of benzene rings is 3. The zero-order valence-electron chi connectivity index (χ0n) is 22.3. The maximum absolute atomic E-state index is 13.3. The minimum atomic E-state index is 0. The monoisotopic (exact) mass is 536 g/mol. The van der Waals surface area contributed by atoms with Crippen LogP contribution < -0.4 is 14.2 Å². The highest BCUT2D eigenvalue weighted by Crippen LogP contribution is 2.37. The van der Waals surface area contributed by atoms with Gasteiger partial charge in [0.05, 0.1) is 7.11 Å². The molecule has 0 bridgehead atoms. The Kier molecular flexibility index (Phi) is 8.01.